The Morgan fingerprint density at radius 2 is 1.66 bits per heavy atom. The van der Waals surface area contributed by atoms with Crippen molar-refractivity contribution in [3.63, 3.8) is 0 Å². The van der Waals surface area contributed by atoms with Crippen LogP contribution in [-0.2, 0) is 18.4 Å². The normalized spacial score (nSPS) is 27.1. The summed E-state index contributed by atoms with van der Waals surface area (Å²) in [5.41, 5.74) is 5.57. The Kier molecular flexibility index (Phi) is 4.76. The fourth-order valence-corrected chi connectivity index (χ4v) is 7.60. The van der Waals surface area contributed by atoms with Crippen molar-refractivity contribution in [1.29, 1.82) is 0 Å². The number of aromatic nitrogens is 6. The quantitative estimate of drug-likeness (QED) is 0.376. The van der Waals surface area contributed by atoms with Crippen molar-refractivity contribution in [2.24, 2.45) is 17.8 Å². The second kappa shape index (κ2) is 7.90. The molecule has 180 valence electrons. The molecule has 3 aromatic heterocycles. The van der Waals surface area contributed by atoms with Gasteiger partial charge in [0, 0.05) is 30.3 Å². The van der Waals surface area contributed by atoms with Crippen molar-refractivity contribution in [3.05, 3.63) is 65.6 Å². The zero-order valence-electron chi connectivity index (χ0n) is 20.5. The molecule has 0 N–H and O–H groups in total. The topological polar surface area (TPSA) is 74.6 Å². The van der Waals surface area contributed by atoms with Crippen LogP contribution < -0.4 is 0 Å². The van der Waals surface area contributed by atoms with E-state index in [-0.39, 0.29) is 5.41 Å². The highest BCUT2D eigenvalue weighted by Gasteiger charge is 2.53. The third kappa shape index (κ3) is 3.63. The fraction of sp³-hybridized carbons (Fsp3) is 0.500. The molecule has 0 amide bonds. The minimum atomic E-state index is 0.141. The van der Waals surface area contributed by atoms with Crippen LogP contribution in [0.5, 0.6) is 0 Å². The molecule has 35 heavy (non-hydrogen) atoms. The van der Waals surface area contributed by atoms with Gasteiger partial charge in [0.05, 0.1) is 22.6 Å². The molecule has 4 saturated carbocycles. The van der Waals surface area contributed by atoms with Gasteiger partial charge in [-0.15, -0.1) is 10.2 Å². The van der Waals surface area contributed by atoms with Crippen LogP contribution in [0.4, 0.5) is 0 Å². The zero-order valence-corrected chi connectivity index (χ0v) is 20.5. The predicted octanol–water partition coefficient (Wildman–Crippen LogP) is 5.45. The van der Waals surface area contributed by atoms with Crippen LogP contribution in [0.2, 0.25) is 0 Å². The SMILES string of the molecule is Cc1cc(C)n(CCc2nnc(-c3cn(-c4ccccc4)nc3C34CC5CC(CC(C5)C3)C4)o2)n1. The van der Waals surface area contributed by atoms with E-state index in [2.05, 4.69) is 58.7 Å². The van der Waals surface area contributed by atoms with E-state index in [1.165, 1.54) is 44.2 Å². The van der Waals surface area contributed by atoms with E-state index >= 15 is 0 Å². The van der Waals surface area contributed by atoms with Gasteiger partial charge in [-0.25, -0.2) is 4.68 Å². The first kappa shape index (κ1) is 21.1. The first-order chi connectivity index (χ1) is 17.0. The molecule has 1 aromatic carbocycles. The van der Waals surface area contributed by atoms with Gasteiger partial charge in [-0.3, -0.25) is 4.68 Å². The molecule has 8 rings (SSSR count). The monoisotopic (exact) mass is 468 g/mol. The Bertz CT molecular complexity index is 1330. The van der Waals surface area contributed by atoms with E-state index in [0.29, 0.717) is 18.2 Å². The average Bonchev–Trinajstić information content (AvgIpc) is 3.56. The summed E-state index contributed by atoms with van der Waals surface area (Å²) < 4.78 is 10.3. The van der Waals surface area contributed by atoms with Crippen molar-refractivity contribution < 1.29 is 4.42 Å². The number of para-hydroxylation sites is 1. The van der Waals surface area contributed by atoms with E-state index in [1.54, 1.807) is 0 Å². The number of aryl methyl sites for hydroxylation is 4. The lowest BCUT2D eigenvalue weighted by Crippen LogP contribution is -2.49. The summed E-state index contributed by atoms with van der Waals surface area (Å²) in [6.07, 6.45) is 10.7. The summed E-state index contributed by atoms with van der Waals surface area (Å²) in [6.45, 7) is 4.83. The van der Waals surface area contributed by atoms with Gasteiger partial charge >= 0.3 is 0 Å². The van der Waals surface area contributed by atoms with E-state index in [9.17, 15) is 0 Å². The molecule has 4 aliphatic carbocycles. The summed E-state index contributed by atoms with van der Waals surface area (Å²) >= 11 is 0. The van der Waals surface area contributed by atoms with Gasteiger partial charge in [-0.2, -0.15) is 10.2 Å². The van der Waals surface area contributed by atoms with Crippen LogP contribution in [0.15, 0.2) is 47.0 Å². The number of rotatable bonds is 6. The number of hydrogen-bond acceptors (Lipinski definition) is 5. The molecule has 0 aliphatic heterocycles. The van der Waals surface area contributed by atoms with Crippen LogP contribution in [0.3, 0.4) is 0 Å². The maximum absolute atomic E-state index is 6.27. The third-order valence-corrected chi connectivity index (χ3v) is 8.61. The largest absolute Gasteiger partial charge is 0.421 e. The van der Waals surface area contributed by atoms with E-state index in [4.69, 9.17) is 9.52 Å². The zero-order chi connectivity index (χ0) is 23.6. The second-order valence-electron chi connectivity index (χ2n) is 11.3. The first-order valence-corrected chi connectivity index (χ1v) is 13.0. The maximum Gasteiger partial charge on any atom is 0.251 e. The summed E-state index contributed by atoms with van der Waals surface area (Å²) in [5.74, 6) is 3.78. The lowest BCUT2D eigenvalue weighted by atomic mass is 9.48. The van der Waals surface area contributed by atoms with Gasteiger partial charge in [-0.05, 0) is 88.3 Å². The Morgan fingerprint density at radius 1 is 0.943 bits per heavy atom. The summed E-state index contributed by atoms with van der Waals surface area (Å²) in [5, 5.41) is 18.7. The summed E-state index contributed by atoms with van der Waals surface area (Å²) in [6, 6.07) is 12.5. The van der Waals surface area contributed by atoms with Gasteiger partial charge in [0.25, 0.3) is 5.89 Å². The van der Waals surface area contributed by atoms with Crippen molar-refractivity contribution in [2.45, 2.75) is 70.8 Å². The molecular weight excluding hydrogens is 436 g/mol. The third-order valence-electron chi connectivity index (χ3n) is 8.61. The molecule has 0 saturated heterocycles. The highest BCUT2D eigenvalue weighted by atomic mass is 16.4. The predicted molar refractivity (Wildman–Crippen MR) is 132 cm³/mol. The van der Waals surface area contributed by atoms with Gasteiger partial charge in [-0.1, -0.05) is 18.2 Å². The van der Waals surface area contributed by atoms with Gasteiger partial charge in [0.1, 0.15) is 0 Å². The molecule has 7 heteroatoms. The molecule has 4 aromatic rings. The molecule has 0 radical (unpaired) electrons. The second-order valence-corrected chi connectivity index (χ2v) is 11.3. The lowest BCUT2D eigenvalue weighted by Gasteiger charge is -2.56. The van der Waals surface area contributed by atoms with Crippen molar-refractivity contribution in [3.8, 4) is 17.1 Å². The minimum Gasteiger partial charge on any atom is -0.421 e. The molecule has 7 nitrogen and oxygen atoms in total. The average molecular weight is 469 g/mol. The number of nitrogens with zero attached hydrogens (tertiary/aromatic N) is 6. The Morgan fingerprint density at radius 3 is 2.31 bits per heavy atom. The molecule has 0 unspecified atom stereocenters. The molecule has 0 atom stereocenters. The molecule has 3 heterocycles. The van der Waals surface area contributed by atoms with Crippen LogP contribution in [0.1, 0.15) is 61.5 Å². The molecule has 4 bridgehead atoms. The standard InChI is InChI=1S/C28H32N6O/c1-18-10-19(2)33(31-18)9-8-25-29-30-27(35-25)24-17-34(23-6-4-3-5-7-23)32-26(24)28-14-20-11-21(15-28)13-22(12-20)16-28/h3-7,10,17,20-22H,8-9,11-16H2,1-2H3. The van der Waals surface area contributed by atoms with E-state index in [0.717, 1.165) is 46.9 Å². The molecule has 0 spiro atoms. The van der Waals surface area contributed by atoms with Gasteiger partial charge in [0.15, 0.2) is 0 Å². The summed E-state index contributed by atoms with van der Waals surface area (Å²) in [7, 11) is 0. The smallest absolute Gasteiger partial charge is 0.251 e. The van der Waals surface area contributed by atoms with Crippen LogP contribution in [0.25, 0.3) is 17.1 Å². The summed E-state index contributed by atoms with van der Waals surface area (Å²) in [4.78, 5) is 0. The Hall–Kier alpha value is -3.22. The Balaban J connectivity index is 1.25. The number of benzene rings is 1. The van der Waals surface area contributed by atoms with Crippen molar-refractivity contribution in [2.75, 3.05) is 0 Å². The molecular formula is C28H32N6O. The molecule has 4 fully saturated rings. The highest BCUT2D eigenvalue weighted by molar-refractivity contribution is 5.59. The maximum atomic E-state index is 6.27. The molecule has 4 aliphatic rings. The van der Waals surface area contributed by atoms with Gasteiger partial charge < -0.3 is 4.42 Å². The van der Waals surface area contributed by atoms with Crippen molar-refractivity contribution in [1.82, 2.24) is 29.8 Å². The van der Waals surface area contributed by atoms with Crippen LogP contribution in [-0.4, -0.2) is 29.8 Å². The van der Waals surface area contributed by atoms with E-state index < -0.39 is 0 Å². The minimum absolute atomic E-state index is 0.141. The lowest BCUT2D eigenvalue weighted by molar-refractivity contribution is -0.00714. The highest BCUT2D eigenvalue weighted by Crippen LogP contribution is 2.61. The van der Waals surface area contributed by atoms with E-state index in [1.807, 2.05) is 22.4 Å². The van der Waals surface area contributed by atoms with Gasteiger partial charge in [0.2, 0.25) is 5.89 Å². The van der Waals surface area contributed by atoms with Crippen LogP contribution >= 0.6 is 0 Å². The van der Waals surface area contributed by atoms with Crippen LogP contribution in [0, 0.1) is 31.6 Å². The first-order valence-electron chi connectivity index (χ1n) is 13.0. The fourth-order valence-electron chi connectivity index (χ4n) is 7.60. The Labute approximate surface area is 205 Å². The number of hydrogen-bond donors (Lipinski definition) is 0. The van der Waals surface area contributed by atoms with Crippen molar-refractivity contribution >= 4 is 0 Å².